The van der Waals surface area contributed by atoms with Gasteiger partial charge in [-0.3, -0.25) is 0 Å². The van der Waals surface area contributed by atoms with Crippen LogP contribution in [0.1, 0.15) is 19.3 Å². The Balaban J connectivity index is 2.37. The summed E-state index contributed by atoms with van der Waals surface area (Å²) in [6.07, 6.45) is 3.31. The molecule has 0 unspecified atom stereocenters. The molecular weight excluding hydrogens is 212 g/mol. The molecular formula is C7H15ClN2O2S. The predicted molar refractivity (Wildman–Crippen MR) is 53.1 cm³/mol. The fraction of sp³-hybridized carbons (Fsp3) is 1.00. The summed E-state index contributed by atoms with van der Waals surface area (Å²) in [7, 11) is -3.19. The van der Waals surface area contributed by atoms with Gasteiger partial charge < -0.3 is 0 Å². The fourth-order valence-corrected chi connectivity index (χ4v) is 2.81. The number of halogens is 1. The van der Waals surface area contributed by atoms with Gasteiger partial charge in [0, 0.05) is 19.0 Å². The number of hydrogen-bond donors (Lipinski definition) is 1. The topological polar surface area (TPSA) is 49.4 Å². The number of nitrogens with one attached hydrogen (secondary N) is 1. The lowest BCUT2D eigenvalue weighted by molar-refractivity contribution is 0.200. The summed E-state index contributed by atoms with van der Waals surface area (Å²) in [4.78, 5) is 2.52. The zero-order valence-electron chi connectivity index (χ0n) is 7.50. The third kappa shape index (κ3) is 4.26. The summed E-state index contributed by atoms with van der Waals surface area (Å²) in [5, 5.41) is 1.76. The molecule has 1 aliphatic rings. The monoisotopic (exact) mass is 226 g/mol. The zero-order valence-corrected chi connectivity index (χ0v) is 9.07. The van der Waals surface area contributed by atoms with E-state index in [2.05, 4.69) is 4.83 Å². The lowest BCUT2D eigenvalue weighted by Crippen LogP contribution is -2.45. The average Bonchev–Trinajstić information content (AvgIpc) is 2.04. The highest BCUT2D eigenvalue weighted by Gasteiger charge is 2.16. The summed E-state index contributed by atoms with van der Waals surface area (Å²) in [5.74, 6) is 0.133. The highest BCUT2D eigenvalue weighted by atomic mass is 35.5. The van der Waals surface area contributed by atoms with Gasteiger partial charge in [0.15, 0.2) is 0 Å². The van der Waals surface area contributed by atoms with E-state index >= 15 is 0 Å². The smallest absolute Gasteiger partial charge is 0.225 e. The van der Waals surface area contributed by atoms with Crippen LogP contribution in [-0.2, 0) is 10.0 Å². The highest BCUT2D eigenvalue weighted by Crippen LogP contribution is 2.06. The Hall–Kier alpha value is 0.160. The van der Waals surface area contributed by atoms with Gasteiger partial charge in [0.1, 0.15) is 0 Å². The molecule has 1 N–H and O–H groups in total. The molecule has 0 atom stereocenters. The number of rotatable bonds is 4. The van der Waals surface area contributed by atoms with Crippen LogP contribution < -0.4 is 4.83 Å². The van der Waals surface area contributed by atoms with Gasteiger partial charge in [-0.15, -0.1) is 16.4 Å². The van der Waals surface area contributed by atoms with E-state index in [1.54, 1.807) is 5.01 Å². The molecule has 1 fully saturated rings. The van der Waals surface area contributed by atoms with Crippen molar-refractivity contribution in [2.45, 2.75) is 19.3 Å². The first-order valence-electron chi connectivity index (χ1n) is 4.45. The third-order valence-electron chi connectivity index (χ3n) is 1.97. The highest BCUT2D eigenvalue weighted by molar-refractivity contribution is 7.89. The molecule has 0 aromatic rings. The fourth-order valence-electron chi connectivity index (χ4n) is 1.33. The Morgan fingerprint density at radius 1 is 1.23 bits per heavy atom. The molecule has 0 saturated carbocycles. The van der Waals surface area contributed by atoms with Crippen molar-refractivity contribution >= 4 is 21.6 Å². The Bertz CT molecular complexity index is 237. The van der Waals surface area contributed by atoms with E-state index in [-0.39, 0.29) is 11.6 Å². The van der Waals surface area contributed by atoms with Gasteiger partial charge in [-0.25, -0.2) is 13.4 Å². The molecule has 1 saturated heterocycles. The van der Waals surface area contributed by atoms with Crippen LogP contribution in [0, 0.1) is 0 Å². The van der Waals surface area contributed by atoms with Gasteiger partial charge in [0.25, 0.3) is 0 Å². The van der Waals surface area contributed by atoms with E-state index in [1.165, 1.54) is 6.42 Å². The molecule has 1 heterocycles. The van der Waals surface area contributed by atoms with E-state index < -0.39 is 10.0 Å². The second-order valence-electron chi connectivity index (χ2n) is 3.15. The Kier molecular flexibility index (Phi) is 4.45. The summed E-state index contributed by atoms with van der Waals surface area (Å²) in [6.45, 7) is 1.61. The van der Waals surface area contributed by atoms with Crippen LogP contribution in [0.3, 0.4) is 0 Å². The molecule has 1 aliphatic heterocycles. The maximum Gasteiger partial charge on any atom is 0.225 e. The second-order valence-corrected chi connectivity index (χ2v) is 5.35. The maximum absolute atomic E-state index is 11.3. The van der Waals surface area contributed by atoms with Crippen molar-refractivity contribution in [3.8, 4) is 0 Å². The first-order chi connectivity index (χ1) is 6.14. The van der Waals surface area contributed by atoms with Crippen LogP contribution in [0.5, 0.6) is 0 Å². The number of alkyl halides is 1. The molecule has 0 radical (unpaired) electrons. The van der Waals surface area contributed by atoms with Gasteiger partial charge in [0.05, 0.1) is 5.75 Å². The molecule has 0 spiro atoms. The molecule has 6 heteroatoms. The van der Waals surface area contributed by atoms with Crippen molar-refractivity contribution in [3.63, 3.8) is 0 Å². The van der Waals surface area contributed by atoms with Crippen LogP contribution in [0.15, 0.2) is 0 Å². The van der Waals surface area contributed by atoms with E-state index in [9.17, 15) is 8.42 Å². The normalized spacial score (nSPS) is 20.4. The number of sulfonamides is 1. The Morgan fingerprint density at radius 3 is 2.38 bits per heavy atom. The van der Waals surface area contributed by atoms with Crippen molar-refractivity contribution < 1.29 is 8.42 Å². The van der Waals surface area contributed by atoms with Crippen molar-refractivity contribution in [1.82, 2.24) is 9.84 Å². The van der Waals surface area contributed by atoms with E-state index in [0.29, 0.717) is 0 Å². The molecule has 1 rings (SSSR count). The summed E-state index contributed by atoms with van der Waals surface area (Å²) < 4.78 is 22.5. The van der Waals surface area contributed by atoms with Crippen LogP contribution in [0.4, 0.5) is 0 Å². The molecule has 0 aromatic heterocycles. The first-order valence-corrected chi connectivity index (χ1v) is 6.64. The standard InChI is InChI=1S/C7H15ClN2O2S/c8-4-7-13(11,12)9-10-5-2-1-3-6-10/h9H,1-7H2. The lowest BCUT2D eigenvalue weighted by atomic mass is 10.2. The SMILES string of the molecule is O=S(=O)(CCCl)NN1CCCCC1. The van der Waals surface area contributed by atoms with Gasteiger partial charge >= 0.3 is 0 Å². The van der Waals surface area contributed by atoms with Gasteiger partial charge in [-0.1, -0.05) is 6.42 Å². The Labute approximate surface area is 84.3 Å². The summed E-state index contributed by atoms with van der Waals surface area (Å²) >= 11 is 5.37. The number of nitrogens with zero attached hydrogens (tertiary/aromatic N) is 1. The van der Waals surface area contributed by atoms with Gasteiger partial charge in [-0.05, 0) is 12.8 Å². The van der Waals surface area contributed by atoms with Crippen LogP contribution in [0.2, 0.25) is 0 Å². The average molecular weight is 227 g/mol. The molecule has 0 aliphatic carbocycles. The van der Waals surface area contributed by atoms with Crippen LogP contribution >= 0.6 is 11.6 Å². The number of piperidine rings is 1. The van der Waals surface area contributed by atoms with Gasteiger partial charge in [0.2, 0.25) is 10.0 Å². The molecule has 0 aromatic carbocycles. The largest absolute Gasteiger partial charge is 0.231 e. The minimum atomic E-state index is -3.19. The third-order valence-corrected chi connectivity index (χ3v) is 3.66. The Morgan fingerprint density at radius 2 is 1.85 bits per heavy atom. The molecule has 0 amide bonds. The van der Waals surface area contributed by atoms with Crippen molar-refractivity contribution in [2.75, 3.05) is 24.7 Å². The molecule has 13 heavy (non-hydrogen) atoms. The molecule has 78 valence electrons. The molecule has 4 nitrogen and oxygen atoms in total. The predicted octanol–water partition coefficient (Wildman–Crippen LogP) is 0.545. The minimum Gasteiger partial charge on any atom is -0.231 e. The summed E-state index contributed by atoms with van der Waals surface area (Å²) in [5.41, 5.74) is 0. The van der Waals surface area contributed by atoms with E-state index in [1.807, 2.05) is 0 Å². The van der Waals surface area contributed by atoms with Gasteiger partial charge in [-0.2, -0.15) is 0 Å². The van der Waals surface area contributed by atoms with Crippen molar-refractivity contribution in [3.05, 3.63) is 0 Å². The summed E-state index contributed by atoms with van der Waals surface area (Å²) in [6, 6.07) is 0. The van der Waals surface area contributed by atoms with Crippen molar-refractivity contribution in [2.24, 2.45) is 0 Å². The second kappa shape index (κ2) is 5.14. The van der Waals surface area contributed by atoms with E-state index in [4.69, 9.17) is 11.6 Å². The molecule has 0 bridgehead atoms. The minimum absolute atomic E-state index is 0.00887. The quantitative estimate of drug-likeness (QED) is 0.713. The first kappa shape index (κ1) is 11.2. The van der Waals surface area contributed by atoms with Crippen LogP contribution in [0.25, 0.3) is 0 Å². The lowest BCUT2D eigenvalue weighted by Gasteiger charge is -2.26. The maximum atomic E-state index is 11.3. The number of hydrogen-bond acceptors (Lipinski definition) is 3. The van der Waals surface area contributed by atoms with E-state index in [0.717, 1.165) is 25.9 Å². The number of hydrazine groups is 1. The van der Waals surface area contributed by atoms with Crippen LogP contribution in [-0.4, -0.2) is 38.1 Å². The van der Waals surface area contributed by atoms with Crippen molar-refractivity contribution in [1.29, 1.82) is 0 Å². The zero-order chi connectivity index (χ0) is 9.73.